The van der Waals surface area contributed by atoms with Gasteiger partial charge in [-0.2, -0.15) is 4.91 Å². The zero-order valence-corrected chi connectivity index (χ0v) is 11.5. The predicted octanol–water partition coefficient (Wildman–Crippen LogP) is 1.15. The van der Waals surface area contributed by atoms with Gasteiger partial charge < -0.3 is 23.7 Å². The molecule has 0 amide bonds. The summed E-state index contributed by atoms with van der Waals surface area (Å²) in [6.45, 7) is 7.57. The van der Waals surface area contributed by atoms with Crippen molar-refractivity contribution in [3.63, 3.8) is 0 Å². The van der Waals surface area contributed by atoms with E-state index in [0.717, 1.165) is 0 Å². The first kappa shape index (κ1) is 13.4. The Hall–Kier alpha value is -0.600. The molecule has 7 heteroatoms. The van der Waals surface area contributed by atoms with Crippen molar-refractivity contribution in [2.75, 3.05) is 6.61 Å². The van der Waals surface area contributed by atoms with Crippen LogP contribution in [0.5, 0.6) is 0 Å². The monoisotopic (exact) mass is 273 g/mol. The lowest BCUT2D eigenvalue weighted by Crippen LogP contribution is -2.41. The van der Waals surface area contributed by atoms with Crippen LogP contribution in [0.25, 0.3) is 0 Å². The van der Waals surface area contributed by atoms with E-state index in [0.29, 0.717) is 6.61 Å². The molecule has 0 spiro atoms. The third-order valence-corrected chi connectivity index (χ3v) is 3.57. The third-order valence-electron chi connectivity index (χ3n) is 3.57. The van der Waals surface area contributed by atoms with E-state index in [1.54, 1.807) is 13.8 Å². The molecule has 5 atom stereocenters. The topological polar surface area (TPSA) is 75.6 Å². The minimum Gasteiger partial charge on any atom is -0.348 e. The van der Waals surface area contributed by atoms with Crippen LogP contribution in [0.3, 0.4) is 0 Å². The standard InChI is InChI=1S/C12H19NO6/c1-11(2)15-5-6(17-11)8-7(13-14)9-10(16-8)19-12(3,4)18-9/h6-10H,5H2,1-4H3. The van der Waals surface area contributed by atoms with E-state index in [1.165, 1.54) is 0 Å². The van der Waals surface area contributed by atoms with Gasteiger partial charge in [-0.25, -0.2) is 0 Å². The summed E-state index contributed by atoms with van der Waals surface area (Å²) in [7, 11) is 0. The zero-order chi connectivity index (χ0) is 13.8. The molecule has 3 heterocycles. The van der Waals surface area contributed by atoms with Crippen molar-refractivity contribution >= 4 is 0 Å². The Labute approximate surface area is 111 Å². The molecule has 3 saturated heterocycles. The van der Waals surface area contributed by atoms with Crippen LogP contribution < -0.4 is 0 Å². The summed E-state index contributed by atoms with van der Waals surface area (Å²) in [5.74, 6) is -1.42. The van der Waals surface area contributed by atoms with E-state index in [4.69, 9.17) is 23.7 Å². The van der Waals surface area contributed by atoms with Crippen LogP contribution in [0, 0.1) is 4.91 Å². The lowest BCUT2D eigenvalue weighted by atomic mass is 10.0. The van der Waals surface area contributed by atoms with Gasteiger partial charge in [0.05, 0.1) is 6.61 Å². The minimum absolute atomic E-state index is 0.335. The van der Waals surface area contributed by atoms with Gasteiger partial charge in [0.2, 0.25) is 0 Å². The van der Waals surface area contributed by atoms with Crippen molar-refractivity contribution < 1.29 is 23.7 Å². The van der Waals surface area contributed by atoms with E-state index in [2.05, 4.69) is 5.18 Å². The average molecular weight is 273 g/mol. The van der Waals surface area contributed by atoms with Gasteiger partial charge >= 0.3 is 0 Å². The lowest BCUT2D eigenvalue weighted by molar-refractivity contribution is -0.222. The molecular formula is C12H19NO6. The molecule has 19 heavy (non-hydrogen) atoms. The first-order chi connectivity index (χ1) is 8.81. The average Bonchev–Trinajstić information content (AvgIpc) is 2.87. The maximum Gasteiger partial charge on any atom is 0.190 e. The Balaban J connectivity index is 1.74. The molecule has 108 valence electrons. The van der Waals surface area contributed by atoms with E-state index >= 15 is 0 Å². The predicted molar refractivity (Wildman–Crippen MR) is 63.2 cm³/mol. The highest BCUT2D eigenvalue weighted by molar-refractivity contribution is 5.01. The van der Waals surface area contributed by atoms with Gasteiger partial charge in [-0.3, -0.25) is 0 Å². The quantitative estimate of drug-likeness (QED) is 0.702. The molecule has 0 radical (unpaired) electrons. The maximum absolute atomic E-state index is 11.1. The maximum atomic E-state index is 11.1. The summed E-state index contributed by atoms with van der Waals surface area (Å²) in [5.41, 5.74) is 0. The highest BCUT2D eigenvalue weighted by Gasteiger charge is 2.59. The van der Waals surface area contributed by atoms with E-state index in [-0.39, 0.29) is 6.10 Å². The Bertz CT molecular complexity index is 384. The zero-order valence-electron chi connectivity index (χ0n) is 11.5. The molecule has 0 bridgehead atoms. The first-order valence-corrected chi connectivity index (χ1v) is 6.47. The largest absolute Gasteiger partial charge is 0.348 e. The van der Waals surface area contributed by atoms with Crippen LogP contribution >= 0.6 is 0 Å². The normalized spacial score (nSPS) is 47.3. The summed E-state index contributed by atoms with van der Waals surface area (Å²) in [6, 6.07) is -0.644. The molecule has 0 aromatic carbocycles. The van der Waals surface area contributed by atoms with Crippen LogP contribution in [0.15, 0.2) is 5.18 Å². The smallest absolute Gasteiger partial charge is 0.190 e. The van der Waals surface area contributed by atoms with Gasteiger partial charge in [0.25, 0.3) is 0 Å². The Morgan fingerprint density at radius 2 is 1.74 bits per heavy atom. The summed E-state index contributed by atoms with van der Waals surface area (Å²) in [4.78, 5) is 11.1. The summed E-state index contributed by atoms with van der Waals surface area (Å²) >= 11 is 0. The summed E-state index contributed by atoms with van der Waals surface area (Å²) in [5, 5.41) is 3.15. The minimum atomic E-state index is -0.754. The second-order valence-electron chi connectivity index (χ2n) is 6.03. The van der Waals surface area contributed by atoms with Crippen molar-refractivity contribution in [1.82, 2.24) is 0 Å². The molecule has 0 saturated carbocycles. The molecule has 7 nitrogen and oxygen atoms in total. The molecule has 5 unspecified atom stereocenters. The number of hydrogen-bond acceptors (Lipinski definition) is 7. The molecular weight excluding hydrogens is 254 g/mol. The van der Waals surface area contributed by atoms with Gasteiger partial charge in [-0.05, 0) is 27.7 Å². The van der Waals surface area contributed by atoms with E-state index < -0.39 is 36.1 Å². The van der Waals surface area contributed by atoms with E-state index in [9.17, 15) is 4.91 Å². The number of ether oxygens (including phenoxy) is 5. The summed E-state index contributed by atoms with van der Waals surface area (Å²) in [6.07, 6.45) is -1.89. The third kappa shape index (κ3) is 2.30. The van der Waals surface area contributed by atoms with Crippen molar-refractivity contribution in [1.29, 1.82) is 0 Å². The second-order valence-corrected chi connectivity index (χ2v) is 6.03. The van der Waals surface area contributed by atoms with Crippen LogP contribution in [-0.2, 0) is 23.7 Å². The van der Waals surface area contributed by atoms with Gasteiger partial charge in [-0.15, -0.1) is 0 Å². The van der Waals surface area contributed by atoms with Crippen LogP contribution in [0.2, 0.25) is 0 Å². The molecule has 3 fully saturated rings. The molecule has 3 aliphatic rings. The number of fused-ring (bicyclic) bond motifs is 1. The molecule has 0 aromatic heterocycles. The molecule has 3 aliphatic heterocycles. The molecule has 0 aliphatic carbocycles. The molecule has 3 rings (SSSR count). The highest BCUT2D eigenvalue weighted by Crippen LogP contribution is 2.41. The fourth-order valence-corrected chi connectivity index (χ4v) is 2.82. The Morgan fingerprint density at radius 3 is 2.32 bits per heavy atom. The highest BCUT2D eigenvalue weighted by atomic mass is 16.8. The van der Waals surface area contributed by atoms with Crippen LogP contribution in [-0.4, -0.2) is 48.8 Å². The Morgan fingerprint density at radius 1 is 1.00 bits per heavy atom. The van der Waals surface area contributed by atoms with Gasteiger partial charge in [-0.1, -0.05) is 5.18 Å². The van der Waals surface area contributed by atoms with Crippen molar-refractivity contribution in [3.8, 4) is 0 Å². The fourth-order valence-electron chi connectivity index (χ4n) is 2.82. The fraction of sp³-hybridized carbons (Fsp3) is 1.00. The SMILES string of the molecule is CC1(C)OCC(C2OC3OC(C)(C)OC3C2N=O)O1. The molecule has 0 aromatic rings. The number of nitrogens with zero attached hydrogens (tertiary/aromatic N) is 1. The van der Waals surface area contributed by atoms with Crippen molar-refractivity contribution in [2.24, 2.45) is 5.18 Å². The van der Waals surface area contributed by atoms with Crippen molar-refractivity contribution in [3.05, 3.63) is 4.91 Å². The van der Waals surface area contributed by atoms with Crippen LogP contribution in [0.1, 0.15) is 27.7 Å². The number of nitroso groups, excluding NO2 is 1. The van der Waals surface area contributed by atoms with Crippen molar-refractivity contribution in [2.45, 2.75) is 69.9 Å². The van der Waals surface area contributed by atoms with Crippen LogP contribution in [0.4, 0.5) is 0 Å². The molecule has 0 N–H and O–H groups in total. The number of rotatable bonds is 2. The Kier molecular flexibility index (Phi) is 2.96. The van der Waals surface area contributed by atoms with Gasteiger partial charge in [0.1, 0.15) is 18.3 Å². The van der Waals surface area contributed by atoms with E-state index in [1.807, 2.05) is 13.8 Å². The van der Waals surface area contributed by atoms with Gasteiger partial charge in [0, 0.05) is 0 Å². The first-order valence-electron chi connectivity index (χ1n) is 6.47. The lowest BCUT2D eigenvalue weighted by Gasteiger charge is -2.25. The second kappa shape index (κ2) is 4.20. The van der Waals surface area contributed by atoms with Gasteiger partial charge in [0.15, 0.2) is 23.9 Å². The number of hydrogen-bond donors (Lipinski definition) is 0. The summed E-state index contributed by atoms with van der Waals surface area (Å²) < 4.78 is 28.3.